The van der Waals surface area contributed by atoms with E-state index >= 15 is 0 Å². The van der Waals surface area contributed by atoms with Gasteiger partial charge in [-0.05, 0) is 30.0 Å². The molecule has 1 aromatic rings. The van der Waals surface area contributed by atoms with Gasteiger partial charge >= 0.3 is 5.97 Å². The van der Waals surface area contributed by atoms with E-state index in [2.05, 4.69) is 6.07 Å². The van der Waals surface area contributed by atoms with Crippen molar-refractivity contribution in [2.75, 3.05) is 27.9 Å². The van der Waals surface area contributed by atoms with E-state index in [4.69, 9.17) is 18.9 Å². The van der Waals surface area contributed by atoms with Crippen LogP contribution in [0.25, 0.3) is 0 Å². The molecule has 1 unspecified atom stereocenters. The molecule has 2 N–H and O–H groups in total. The maximum atomic E-state index is 13.3. The summed E-state index contributed by atoms with van der Waals surface area (Å²) in [6, 6.07) is 8.01. The van der Waals surface area contributed by atoms with Crippen LogP contribution in [0.15, 0.2) is 35.9 Å². The molecule has 0 aromatic heterocycles. The van der Waals surface area contributed by atoms with Crippen LogP contribution in [0.2, 0.25) is 0 Å². The summed E-state index contributed by atoms with van der Waals surface area (Å²) in [5.74, 6) is -0.555. The van der Waals surface area contributed by atoms with Gasteiger partial charge in [0.2, 0.25) is 0 Å². The smallest absolute Gasteiger partial charge is 0.338 e. The Kier molecular flexibility index (Phi) is 11.4. The normalized spacial score (nSPS) is 29.2. The largest absolute Gasteiger partial charge is 0.456 e. The average molecular weight is 493 g/mol. The Hall–Kier alpha value is -1.77. The van der Waals surface area contributed by atoms with Gasteiger partial charge in [-0.25, -0.2) is 4.79 Å². The van der Waals surface area contributed by atoms with E-state index in [1.54, 1.807) is 14.2 Å². The highest BCUT2D eigenvalue weighted by molar-refractivity contribution is 5.76. The molecule has 7 nitrogen and oxygen atoms in total. The molecule has 1 heterocycles. The molecule has 0 spiro atoms. The molecule has 0 saturated heterocycles. The van der Waals surface area contributed by atoms with E-state index in [0.29, 0.717) is 19.3 Å². The SMILES string of the molecule is CCC(/C=C(/C)[C@@H]1C[C@@H](OC)C[C@H](O)C(C)(C)c2cccc(c2)C[C@@H](OC)[C@H](OC)C(=O)O1)CO. The quantitative estimate of drug-likeness (QED) is 0.444. The lowest BCUT2D eigenvalue weighted by molar-refractivity contribution is -0.169. The molecule has 0 saturated carbocycles. The monoisotopic (exact) mass is 492 g/mol. The predicted molar refractivity (Wildman–Crippen MR) is 135 cm³/mol. The van der Waals surface area contributed by atoms with Crippen LogP contribution < -0.4 is 0 Å². The van der Waals surface area contributed by atoms with Crippen molar-refractivity contribution >= 4 is 5.97 Å². The molecule has 198 valence electrons. The van der Waals surface area contributed by atoms with E-state index in [1.807, 2.05) is 52.0 Å². The molecule has 0 fully saturated rings. The molecule has 0 aliphatic carbocycles. The summed E-state index contributed by atoms with van der Waals surface area (Å²) in [6.45, 7) is 7.96. The van der Waals surface area contributed by atoms with Gasteiger partial charge in [-0.2, -0.15) is 0 Å². The molecule has 1 aromatic carbocycles. The first-order chi connectivity index (χ1) is 16.6. The number of aliphatic hydroxyl groups excluding tert-OH is 2. The molecule has 7 heteroatoms. The number of aliphatic hydroxyl groups is 2. The summed E-state index contributed by atoms with van der Waals surface area (Å²) in [5, 5.41) is 21.0. The lowest BCUT2D eigenvalue weighted by Crippen LogP contribution is -2.43. The minimum atomic E-state index is -0.915. The van der Waals surface area contributed by atoms with Gasteiger partial charge in [-0.1, -0.05) is 51.1 Å². The maximum Gasteiger partial charge on any atom is 0.338 e. The second kappa shape index (κ2) is 13.5. The van der Waals surface area contributed by atoms with Gasteiger partial charge in [-0.3, -0.25) is 0 Å². The van der Waals surface area contributed by atoms with Crippen molar-refractivity contribution in [3.63, 3.8) is 0 Å². The second-order valence-electron chi connectivity index (χ2n) is 10.1. The molecular weight excluding hydrogens is 448 g/mol. The van der Waals surface area contributed by atoms with Gasteiger partial charge in [0.15, 0.2) is 6.10 Å². The van der Waals surface area contributed by atoms with Crippen LogP contribution in [0.1, 0.15) is 58.1 Å². The van der Waals surface area contributed by atoms with Gasteiger partial charge in [0.25, 0.3) is 0 Å². The van der Waals surface area contributed by atoms with Crippen LogP contribution in [0.4, 0.5) is 0 Å². The Morgan fingerprint density at radius 1 is 1.20 bits per heavy atom. The number of carbonyl (C=O) groups excluding carboxylic acids is 1. The highest BCUT2D eigenvalue weighted by atomic mass is 16.6. The Bertz CT molecular complexity index is 830. The van der Waals surface area contributed by atoms with Crippen molar-refractivity contribution in [3.8, 4) is 0 Å². The van der Waals surface area contributed by atoms with Gasteiger partial charge < -0.3 is 29.2 Å². The highest BCUT2D eigenvalue weighted by Gasteiger charge is 2.37. The summed E-state index contributed by atoms with van der Waals surface area (Å²) < 4.78 is 23.0. The number of fused-ring (bicyclic) bond motifs is 2. The lowest BCUT2D eigenvalue weighted by Gasteiger charge is -2.35. The third-order valence-corrected chi connectivity index (χ3v) is 7.39. The number of esters is 1. The molecule has 1 aliphatic heterocycles. The number of benzene rings is 1. The average Bonchev–Trinajstić information content (AvgIpc) is 2.85. The maximum absolute atomic E-state index is 13.3. The molecule has 0 radical (unpaired) electrons. The van der Waals surface area contributed by atoms with Crippen LogP contribution in [0.5, 0.6) is 0 Å². The van der Waals surface area contributed by atoms with Gasteiger partial charge in [0, 0.05) is 58.5 Å². The van der Waals surface area contributed by atoms with E-state index in [-0.39, 0.29) is 18.6 Å². The van der Waals surface area contributed by atoms with Gasteiger partial charge in [0.05, 0.1) is 18.3 Å². The van der Waals surface area contributed by atoms with E-state index in [9.17, 15) is 15.0 Å². The Balaban J connectivity index is 2.54. The highest BCUT2D eigenvalue weighted by Crippen LogP contribution is 2.33. The Labute approximate surface area is 210 Å². The van der Waals surface area contributed by atoms with Crippen molar-refractivity contribution in [1.82, 2.24) is 0 Å². The van der Waals surface area contributed by atoms with Gasteiger partial charge in [0.1, 0.15) is 6.10 Å². The summed E-state index contributed by atoms with van der Waals surface area (Å²) in [7, 11) is 4.64. The number of ether oxygens (including phenoxy) is 4. The molecule has 6 atom stereocenters. The topological polar surface area (TPSA) is 94.5 Å². The number of rotatable bonds is 7. The molecule has 2 bridgehead atoms. The van der Waals surface area contributed by atoms with Crippen molar-refractivity contribution < 1.29 is 34.0 Å². The van der Waals surface area contributed by atoms with Crippen molar-refractivity contribution in [2.45, 2.75) is 89.3 Å². The standard InChI is InChI=1S/C28H44O7/c1-8-19(17-29)12-18(2)23-15-22(32-5)16-25(30)28(3,4)21-11-9-10-20(13-21)14-24(33-6)26(34-7)27(31)35-23/h9-13,19,22-26,29-30H,8,14-17H2,1-7H3/b18-12-/t19?,22-,23+,24-,25+,26+/m1/s1. The van der Waals surface area contributed by atoms with Crippen molar-refractivity contribution in [2.24, 2.45) is 5.92 Å². The molecule has 1 aliphatic rings. The van der Waals surface area contributed by atoms with Crippen LogP contribution in [0, 0.1) is 5.92 Å². The Morgan fingerprint density at radius 3 is 2.49 bits per heavy atom. The first-order valence-electron chi connectivity index (χ1n) is 12.5. The number of carbonyl (C=O) groups is 1. The summed E-state index contributed by atoms with van der Waals surface area (Å²) in [6.07, 6.45) is 0.806. The summed E-state index contributed by atoms with van der Waals surface area (Å²) in [4.78, 5) is 13.3. The molecule has 2 rings (SSSR count). The molecular formula is C28H44O7. The zero-order valence-corrected chi connectivity index (χ0v) is 22.3. The number of hydrogen-bond acceptors (Lipinski definition) is 7. The summed E-state index contributed by atoms with van der Waals surface area (Å²) in [5.41, 5.74) is 2.28. The van der Waals surface area contributed by atoms with E-state index in [1.165, 1.54) is 7.11 Å². The van der Waals surface area contributed by atoms with Crippen LogP contribution in [0.3, 0.4) is 0 Å². The predicted octanol–water partition coefficient (Wildman–Crippen LogP) is 3.58. The van der Waals surface area contributed by atoms with Crippen LogP contribution in [-0.4, -0.2) is 74.6 Å². The first kappa shape index (κ1) is 29.5. The van der Waals surface area contributed by atoms with E-state index in [0.717, 1.165) is 23.1 Å². The lowest BCUT2D eigenvalue weighted by atomic mass is 9.76. The fraction of sp³-hybridized carbons (Fsp3) is 0.679. The molecule has 0 amide bonds. The minimum Gasteiger partial charge on any atom is -0.456 e. The third-order valence-electron chi connectivity index (χ3n) is 7.39. The summed E-state index contributed by atoms with van der Waals surface area (Å²) >= 11 is 0. The number of methoxy groups -OCH3 is 3. The second-order valence-corrected chi connectivity index (χ2v) is 10.1. The van der Waals surface area contributed by atoms with Crippen LogP contribution >= 0.6 is 0 Å². The molecule has 35 heavy (non-hydrogen) atoms. The fourth-order valence-electron chi connectivity index (χ4n) is 4.62. The zero-order valence-electron chi connectivity index (χ0n) is 22.3. The van der Waals surface area contributed by atoms with Crippen molar-refractivity contribution in [1.29, 1.82) is 0 Å². The van der Waals surface area contributed by atoms with Crippen LogP contribution in [-0.2, 0) is 35.6 Å². The number of cyclic esters (lactones) is 1. The number of hydrogen-bond donors (Lipinski definition) is 2. The third kappa shape index (κ3) is 7.61. The zero-order chi connectivity index (χ0) is 26.2. The Morgan fingerprint density at radius 2 is 1.91 bits per heavy atom. The van der Waals surface area contributed by atoms with Crippen molar-refractivity contribution in [3.05, 3.63) is 47.0 Å². The fourth-order valence-corrected chi connectivity index (χ4v) is 4.62. The minimum absolute atomic E-state index is 0.0132. The first-order valence-corrected chi connectivity index (χ1v) is 12.5. The van der Waals surface area contributed by atoms with Gasteiger partial charge in [-0.15, -0.1) is 0 Å². The van der Waals surface area contributed by atoms with E-state index < -0.39 is 35.8 Å².